The number of hydrogen-bond acceptors (Lipinski definition) is 4. The molecule has 0 fully saturated rings. The summed E-state index contributed by atoms with van der Waals surface area (Å²) in [5.74, 6) is 4.49. The first kappa shape index (κ1) is 19.6. The van der Waals surface area contributed by atoms with Gasteiger partial charge in [-0.05, 0) is 0 Å². The standard InChI is InChI=1S/C25H19N2O2PS/c28-30(27-25-26-22(18-31-25)19-10-4-1-5-11-19)16-23(20-12-6-2-7-13-20)29-24(17-30)21-14-8-3-9-15-21/h1-18H,(H,26,27,28). The minimum Gasteiger partial charge on any atom is -0.456 e. The average molecular weight is 442 g/mol. The third-order valence-corrected chi connectivity index (χ3v) is 7.51. The predicted octanol–water partition coefficient (Wildman–Crippen LogP) is 7.53. The van der Waals surface area contributed by atoms with Gasteiger partial charge in [0.15, 0.2) is 5.13 Å². The summed E-state index contributed by atoms with van der Waals surface area (Å²) in [6, 6.07) is 29.4. The van der Waals surface area contributed by atoms with E-state index in [1.54, 1.807) is 11.6 Å². The van der Waals surface area contributed by atoms with E-state index in [4.69, 9.17) is 4.74 Å². The monoisotopic (exact) mass is 442 g/mol. The first-order chi connectivity index (χ1) is 15.2. The number of anilines is 1. The van der Waals surface area contributed by atoms with Crippen molar-refractivity contribution in [3.8, 4) is 11.3 Å². The smallest absolute Gasteiger partial charge is 0.222 e. The maximum absolute atomic E-state index is 13.9. The third-order valence-electron chi connectivity index (χ3n) is 4.80. The van der Waals surface area contributed by atoms with E-state index in [1.165, 1.54) is 11.3 Å². The number of benzene rings is 3. The summed E-state index contributed by atoms with van der Waals surface area (Å²) in [5.41, 5.74) is 3.62. The number of rotatable bonds is 5. The quantitative estimate of drug-likeness (QED) is 0.325. The Bertz CT molecular complexity index is 1240. The normalized spacial score (nSPS) is 14.8. The molecular formula is C25H19N2O2PS. The van der Waals surface area contributed by atoms with E-state index in [0.717, 1.165) is 22.4 Å². The summed E-state index contributed by atoms with van der Waals surface area (Å²) in [6.07, 6.45) is 0. The molecule has 2 heterocycles. The molecule has 1 aromatic heterocycles. The van der Waals surface area contributed by atoms with Crippen molar-refractivity contribution < 1.29 is 9.30 Å². The number of hydrogen-bond donors (Lipinski definition) is 1. The van der Waals surface area contributed by atoms with Crippen molar-refractivity contribution in [2.75, 3.05) is 5.09 Å². The first-order valence-electron chi connectivity index (χ1n) is 9.82. The van der Waals surface area contributed by atoms with Crippen molar-refractivity contribution in [2.45, 2.75) is 0 Å². The Hall–Kier alpha value is -3.40. The second-order valence-corrected chi connectivity index (χ2v) is 10.1. The highest BCUT2D eigenvalue weighted by atomic mass is 32.1. The Labute approximate surface area is 185 Å². The van der Waals surface area contributed by atoms with Gasteiger partial charge < -0.3 is 9.82 Å². The molecule has 0 saturated heterocycles. The molecule has 1 aliphatic heterocycles. The zero-order valence-electron chi connectivity index (χ0n) is 16.5. The minimum absolute atomic E-state index is 0.567. The Morgan fingerprint density at radius 3 is 1.71 bits per heavy atom. The zero-order chi connectivity index (χ0) is 21.1. The highest BCUT2D eigenvalue weighted by Gasteiger charge is 2.28. The zero-order valence-corrected chi connectivity index (χ0v) is 18.2. The topological polar surface area (TPSA) is 51.2 Å². The van der Waals surface area contributed by atoms with Gasteiger partial charge in [0, 0.05) is 33.7 Å². The second kappa shape index (κ2) is 8.38. The molecule has 5 rings (SSSR count). The van der Waals surface area contributed by atoms with Crippen molar-refractivity contribution in [1.82, 2.24) is 4.98 Å². The summed E-state index contributed by atoms with van der Waals surface area (Å²) in [6.45, 7) is 0. The minimum atomic E-state index is -3.11. The van der Waals surface area contributed by atoms with Crippen LogP contribution in [0.5, 0.6) is 0 Å². The molecule has 152 valence electrons. The van der Waals surface area contributed by atoms with Gasteiger partial charge >= 0.3 is 0 Å². The van der Waals surface area contributed by atoms with E-state index in [9.17, 15) is 4.57 Å². The van der Waals surface area contributed by atoms with Crippen LogP contribution in [0.4, 0.5) is 5.13 Å². The molecule has 1 N–H and O–H groups in total. The van der Waals surface area contributed by atoms with Crippen LogP contribution in [0.25, 0.3) is 22.8 Å². The van der Waals surface area contributed by atoms with E-state index in [2.05, 4.69) is 10.1 Å². The SMILES string of the molecule is O=P1(Nc2nc(-c3ccccc3)cs2)C=C(c2ccccc2)OC(c2ccccc2)=C1. The number of thiazole rings is 1. The van der Waals surface area contributed by atoms with Gasteiger partial charge in [0.05, 0.1) is 5.69 Å². The number of aromatic nitrogens is 1. The maximum atomic E-state index is 13.9. The number of ether oxygens (including phenoxy) is 1. The van der Waals surface area contributed by atoms with Crippen LogP contribution in [-0.2, 0) is 9.30 Å². The summed E-state index contributed by atoms with van der Waals surface area (Å²) in [7, 11) is -3.11. The molecule has 0 atom stereocenters. The molecule has 6 heteroatoms. The van der Waals surface area contributed by atoms with Crippen LogP contribution < -0.4 is 5.09 Å². The van der Waals surface area contributed by atoms with Crippen LogP contribution in [0.2, 0.25) is 0 Å². The van der Waals surface area contributed by atoms with Crippen LogP contribution in [0.3, 0.4) is 0 Å². The molecule has 4 aromatic rings. The summed E-state index contributed by atoms with van der Waals surface area (Å²) >= 11 is 1.44. The first-order valence-corrected chi connectivity index (χ1v) is 12.5. The number of nitrogens with zero attached hydrogens (tertiary/aromatic N) is 1. The summed E-state index contributed by atoms with van der Waals surface area (Å²) in [5, 5.41) is 5.75. The largest absolute Gasteiger partial charge is 0.456 e. The average Bonchev–Trinajstić information content (AvgIpc) is 3.28. The Balaban J connectivity index is 1.52. The van der Waals surface area contributed by atoms with Gasteiger partial charge in [0.2, 0.25) is 7.29 Å². The van der Waals surface area contributed by atoms with Crippen molar-refractivity contribution >= 4 is 35.3 Å². The van der Waals surface area contributed by atoms with Gasteiger partial charge in [-0.3, -0.25) is 4.57 Å². The maximum Gasteiger partial charge on any atom is 0.222 e. The molecule has 3 aromatic carbocycles. The molecule has 4 nitrogen and oxygen atoms in total. The number of nitrogens with one attached hydrogen (secondary N) is 1. The van der Waals surface area contributed by atoms with E-state index in [1.807, 2.05) is 96.4 Å². The van der Waals surface area contributed by atoms with Crippen molar-refractivity contribution in [1.29, 1.82) is 0 Å². The van der Waals surface area contributed by atoms with Gasteiger partial charge in [0.1, 0.15) is 11.5 Å². The summed E-state index contributed by atoms with van der Waals surface area (Å²) < 4.78 is 20.1. The molecule has 31 heavy (non-hydrogen) atoms. The predicted molar refractivity (Wildman–Crippen MR) is 129 cm³/mol. The Kier molecular flexibility index (Phi) is 5.29. The summed E-state index contributed by atoms with van der Waals surface area (Å²) in [4.78, 5) is 4.65. The molecule has 0 aliphatic carbocycles. The van der Waals surface area contributed by atoms with Crippen molar-refractivity contribution in [3.63, 3.8) is 0 Å². The highest BCUT2D eigenvalue weighted by molar-refractivity contribution is 7.72. The molecule has 1 aliphatic rings. The van der Waals surface area contributed by atoms with Gasteiger partial charge in [-0.1, -0.05) is 91.0 Å². The van der Waals surface area contributed by atoms with Crippen LogP contribution >= 0.6 is 18.6 Å². The molecule has 0 spiro atoms. The second-order valence-electron chi connectivity index (χ2n) is 7.05. The molecule has 0 amide bonds. The van der Waals surface area contributed by atoms with Crippen LogP contribution in [0.1, 0.15) is 11.1 Å². The molecular weight excluding hydrogens is 423 g/mol. The van der Waals surface area contributed by atoms with Crippen LogP contribution in [0, 0.1) is 0 Å². The van der Waals surface area contributed by atoms with Crippen molar-refractivity contribution in [3.05, 3.63) is 119 Å². The fourth-order valence-electron chi connectivity index (χ4n) is 3.31. The van der Waals surface area contributed by atoms with E-state index < -0.39 is 7.29 Å². The lowest BCUT2D eigenvalue weighted by Gasteiger charge is -2.23. The fraction of sp³-hybridized carbons (Fsp3) is 0. The van der Waals surface area contributed by atoms with Gasteiger partial charge in [0.25, 0.3) is 0 Å². The Morgan fingerprint density at radius 2 is 1.19 bits per heavy atom. The third kappa shape index (κ3) is 4.38. The fourth-order valence-corrected chi connectivity index (χ4v) is 6.16. The molecule has 0 radical (unpaired) electrons. The molecule has 0 bridgehead atoms. The van der Waals surface area contributed by atoms with Gasteiger partial charge in [-0.15, -0.1) is 11.3 Å². The highest BCUT2D eigenvalue weighted by Crippen LogP contribution is 2.56. The van der Waals surface area contributed by atoms with E-state index >= 15 is 0 Å². The van der Waals surface area contributed by atoms with Crippen LogP contribution in [0.15, 0.2) is 108 Å². The molecule has 0 saturated carbocycles. The van der Waals surface area contributed by atoms with Gasteiger partial charge in [-0.2, -0.15) is 0 Å². The molecule has 0 unspecified atom stereocenters. The lowest BCUT2D eigenvalue weighted by molar-refractivity contribution is 0.469. The lowest BCUT2D eigenvalue weighted by Crippen LogP contribution is -2.03. The van der Waals surface area contributed by atoms with Crippen LogP contribution in [-0.4, -0.2) is 4.98 Å². The van der Waals surface area contributed by atoms with E-state index in [-0.39, 0.29) is 0 Å². The van der Waals surface area contributed by atoms with E-state index in [0.29, 0.717) is 16.6 Å². The lowest BCUT2D eigenvalue weighted by atomic mass is 10.2. The van der Waals surface area contributed by atoms with Gasteiger partial charge in [-0.25, -0.2) is 4.98 Å². The van der Waals surface area contributed by atoms with Crippen molar-refractivity contribution in [2.24, 2.45) is 0 Å². The Morgan fingerprint density at radius 1 is 0.710 bits per heavy atom.